The van der Waals surface area contributed by atoms with Crippen molar-refractivity contribution in [2.24, 2.45) is 0 Å². The van der Waals surface area contributed by atoms with Crippen LogP contribution in [0.3, 0.4) is 0 Å². The molecule has 4 rings (SSSR count). The Balaban J connectivity index is 1.32. The van der Waals surface area contributed by atoms with Gasteiger partial charge in [0.15, 0.2) is 11.5 Å². The number of aliphatic hydroxyl groups is 1. The second-order valence-corrected chi connectivity index (χ2v) is 10.5. The van der Waals surface area contributed by atoms with Crippen molar-refractivity contribution in [2.75, 3.05) is 33.4 Å². The number of rotatable bonds is 11. The van der Waals surface area contributed by atoms with Crippen LogP contribution < -0.4 is 14.2 Å². The van der Waals surface area contributed by atoms with E-state index in [9.17, 15) is 5.11 Å². The van der Waals surface area contributed by atoms with Crippen LogP contribution >= 0.6 is 11.6 Å². The van der Waals surface area contributed by atoms with Gasteiger partial charge in [0.1, 0.15) is 18.0 Å². The lowest BCUT2D eigenvalue weighted by Crippen LogP contribution is -2.51. The molecule has 1 saturated heterocycles. The van der Waals surface area contributed by atoms with Gasteiger partial charge in [-0.25, -0.2) is 0 Å². The van der Waals surface area contributed by atoms with Gasteiger partial charge in [-0.15, -0.1) is 0 Å². The van der Waals surface area contributed by atoms with Crippen LogP contribution in [-0.2, 0) is 13.1 Å². The number of hydrogen-bond acceptors (Lipinski definition) is 6. The molecule has 8 heteroatoms. The normalized spacial score (nSPS) is 18.1. The van der Waals surface area contributed by atoms with Crippen molar-refractivity contribution in [3.63, 3.8) is 0 Å². The minimum atomic E-state index is -0.906. The molecule has 1 fully saturated rings. The first-order valence-corrected chi connectivity index (χ1v) is 13.3. The summed E-state index contributed by atoms with van der Waals surface area (Å²) in [7, 11) is 1.66. The number of aromatic nitrogens is 2. The summed E-state index contributed by atoms with van der Waals surface area (Å²) in [6.07, 6.45) is 6.36. The number of halogens is 1. The Bertz CT molecular complexity index is 1170. The zero-order chi connectivity index (χ0) is 26.4. The van der Waals surface area contributed by atoms with E-state index in [-0.39, 0.29) is 6.61 Å². The highest BCUT2D eigenvalue weighted by atomic mass is 35.5. The van der Waals surface area contributed by atoms with E-state index in [1.807, 2.05) is 62.1 Å². The standard InChI is InChI=1S/C29H38ClN3O4/c1-21-16-31-33(17-21)11-6-12-36-27-15-24(7-8-26(27)35-4)18-32-10-5-9-29(34,19-32)20-37-25-13-22(2)28(30)23(3)14-25/h7-8,13-17,34H,5-6,9-12,18-20H2,1-4H3/t29-/m0/s1. The van der Waals surface area contributed by atoms with Gasteiger partial charge in [0.25, 0.3) is 0 Å². The van der Waals surface area contributed by atoms with E-state index in [1.165, 1.54) is 0 Å². The average molecular weight is 528 g/mol. The lowest BCUT2D eigenvalue weighted by atomic mass is 9.93. The Morgan fingerprint density at radius 2 is 1.86 bits per heavy atom. The molecule has 200 valence electrons. The van der Waals surface area contributed by atoms with Crippen LogP contribution in [0.4, 0.5) is 0 Å². The SMILES string of the molecule is COc1ccc(CN2CCC[C@@](O)(COc3cc(C)c(Cl)c(C)c3)C2)cc1OCCCn1cc(C)cn1. The van der Waals surface area contributed by atoms with Crippen LogP contribution in [0.1, 0.15) is 41.5 Å². The molecule has 0 unspecified atom stereocenters. The molecule has 0 spiro atoms. The molecule has 1 aliphatic rings. The molecule has 0 amide bonds. The maximum Gasteiger partial charge on any atom is 0.161 e. The predicted octanol–water partition coefficient (Wildman–Crippen LogP) is 5.35. The molecular formula is C29H38ClN3O4. The summed E-state index contributed by atoms with van der Waals surface area (Å²) in [5.74, 6) is 2.20. The van der Waals surface area contributed by atoms with Gasteiger partial charge < -0.3 is 19.3 Å². The molecule has 1 N–H and O–H groups in total. The Morgan fingerprint density at radius 3 is 2.57 bits per heavy atom. The number of benzene rings is 2. The minimum Gasteiger partial charge on any atom is -0.493 e. The zero-order valence-electron chi connectivity index (χ0n) is 22.3. The van der Waals surface area contributed by atoms with Crippen molar-refractivity contribution < 1.29 is 19.3 Å². The summed E-state index contributed by atoms with van der Waals surface area (Å²) in [4.78, 5) is 2.27. The quantitative estimate of drug-likeness (QED) is 0.339. The Labute approximate surface area is 224 Å². The van der Waals surface area contributed by atoms with Crippen molar-refractivity contribution in [1.29, 1.82) is 0 Å². The van der Waals surface area contributed by atoms with E-state index in [4.69, 9.17) is 25.8 Å². The van der Waals surface area contributed by atoms with Gasteiger partial charge in [0.2, 0.25) is 0 Å². The van der Waals surface area contributed by atoms with Crippen LogP contribution in [-0.4, -0.2) is 58.8 Å². The maximum atomic E-state index is 11.3. The van der Waals surface area contributed by atoms with Gasteiger partial charge in [0, 0.05) is 37.3 Å². The van der Waals surface area contributed by atoms with Crippen LogP contribution in [0.5, 0.6) is 17.2 Å². The molecule has 2 heterocycles. The number of likely N-dealkylation sites (tertiary alicyclic amines) is 1. The van der Waals surface area contributed by atoms with Crippen molar-refractivity contribution in [3.8, 4) is 17.2 Å². The Morgan fingerprint density at radius 1 is 1.08 bits per heavy atom. The molecule has 3 aromatic rings. The molecular weight excluding hydrogens is 490 g/mol. The highest BCUT2D eigenvalue weighted by Gasteiger charge is 2.34. The van der Waals surface area contributed by atoms with E-state index in [0.29, 0.717) is 26.1 Å². The summed E-state index contributed by atoms with van der Waals surface area (Å²) in [6, 6.07) is 9.90. The third kappa shape index (κ3) is 7.40. The topological polar surface area (TPSA) is 69.0 Å². The fourth-order valence-electron chi connectivity index (χ4n) is 4.85. The average Bonchev–Trinajstić information content (AvgIpc) is 3.29. The number of β-amino-alcohol motifs (C(OH)–C–C–N with tert-alkyl or cyclic N) is 1. The van der Waals surface area contributed by atoms with Crippen LogP contribution in [0, 0.1) is 20.8 Å². The second-order valence-electron chi connectivity index (χ2n) is 10.2. The monoisotopic (exact) mass is 527 g/mol. The van der Waals surface area contributed by atoms with Crippen LogP contribution in [0.2, 0.25) is 5.02 Å². The summed E-state index contributed by atoms with van der Waals surface area (Å²) in [5.41, 5.74) is 3.32. The highest BCUT2D eigenvalue weighted by Crippen LogP contribution is 2.31. The predicted molar refractivity (Wildman–Crippen MR) is 146 cm³/mol. The largest absolute Gasteiger partial charge is 0.493 e. The molecule has 0 saturated carbocycles. The zero-order valence-corrected chi connectivity index (χ0v) is 23.1. The summed E-state index contributed by atoms with van der Waals surface area (Å²) in [6.45, 7) is 9.78. The Hall–Kier alpha value is -2.74. The van der Waals surface area contributed by atoms with Gasteiger partial charge in [0.05, 0.1) is 19.9 Å². The molecule has 2 aromatic carbocycles. The molecule has 7 nitrogen and oxygen atoms in total. The number of hydrogen-bond donors (Lipinski definition) is 1. The van der Waals surface area contributed by atoms with Gasteiger partial charge >= 0.3 is 0 Å². The molecule has 1 aliphatic heterocycles. The lowest BCUT2D eigenvalue weighted by molar-refractivity contribution is -0.0621. The van der Waals surface area contributed by atoms with Crippen molar-refractivity contribution in [2.45, 2.75) is 58.7 Å². The van der Waals surface area contributed by atoms with Gasteiger partial charge in [-0.05, 0) is 86.7 Å². The van der Waals surface area contributed by atoms with Gasteiger partial charge in [-0.3, -0.25) is 9.58 Å². The molecule has 0 aliphatic carbocycles. The number of nitrogens with zero attached hydrogens (tertiary/aromatic N) is 3. The number of methoxy groups -OCH3 is 1. The molecule has 37 heavy (non-hydrogen) atoms. The lowest BCUT2D eigenvalue weighted by Gasteiger charge is -2.39. The Kier molecular flexibility index (Phi) is 9.00. The summed E-state index contributed by atoms with van der Waals surface area (Å²) < 4.78 is 19.6. The summed E-state index contributed by atoms with van der Waals surface area (Å²) >= 11 is 6.28. The van der Waals surface area contributed by atoms with E-state index >= 15 is 0 Å². The highest BCUT2D eigenvalue weighted by molar-refractivity contribution is 6.32. The third-order valence-corrected chi connectivity index (χ3v) is 7.33. The summed E-state index contributed by atoms with van der Waals surface area (Å²) in [5, 5.41) is 16.4. The second kappa shape index (κ2) is 12.2. The van der Waals surface area contributed by atoms with Crippen LogP contribution in [0.25, 0.3) is 0 Å². The fourth-order valence-corrected chi connectivity index (χ4v) is 4.96. The molecule has 0 radical (unpaired) electrons. The van der Waals surface area contributed by atoms with Crippen molar-refractivity contribution in [1.82, 2.24) is 14.7 Å². The van der Waals surface area contributed by atoms with Crippen molar-refractivity contribution >= 4 is 11.6 Å². The van der Waals surface area contributed by atoms with Gasteiger partial charge in [-0.1, -0.05) is 17.7 Å². The number of ether oxygens (including phenoxy) is 3. The van der Waals surface area contributed by atoms with Crippen LogP contribution in [0.15, 0.2) is 42.7 Å². The first-order chi connectivity index (χ1) is 17.7. The smallest absolute Gasteiger partial charge is 0.161 e. The fraction of sp³-hybridized carbons (Fsp3) is 0.483. The van der Waals surface area contributed by atoms with Gasteiger partial charge in [-0.2, -0.15) is 5.10 Å². The molecule has 1 atom stereocenters. The molecule has 1 aromatic heterocycles. The number of piperidine rings is 1. The van der Waals surface area contributed by atoms with E-state index in [0.717, 1.165) is 70.5 Å². The van der Waals surface area contributed by atoms with E-state index in [2.05, 4.69) is 16.1 Å². The first-order valence-electron chi connectivity index (χ1n) is 12.9. The number of aryl methyl sites for hydroxylation is 4. The first kappa shape index (κ1) is 27.3. The maximum absolute atomic E-state index is 11.3. The van der Waals surface area contributed by atoms with E-state index < -0.39 is 5.60 Å². The minimum absolute atomic E-state index is 0.247. The van der Waals surface area contributed by atoms with E-state index in [1.54, 1.807) is 7.11 Å². The third-order valence-electron chi connectivity index (χ3n) is 6.74. The van der Waals surface area contributed by atoms with Crippen molar-refractivity contribution in [3.05, 3.63) is 70.0 Å². The molecule has 0 bridgehead atoms.